The van der Waals surface area contributed by atoms with E-state index in [1.807, 2.05) is 0 Å². The molecular formula is C17H18N6O4S. The van der Waals surface area contributed by atoms with Crippen molar-refractivity contribution in [1.29, 1.82) is 0 Å². The van der Waals surface area contributed by atoms with Crippen molar-refractivity contribution in [2.24, 2.45) is 0 Å². The molecule has 0 bridgehead atoms. The second-order valence-electron chi connectivity index (χ2n) is 5.80. The molecule has 0 radical (unpaired) electrons. The maximum Gasteiger partial charge on any atom is 0.262 e. The molecule has 0 aliphatic carbocycles. The van der Waals surface area contributed by atoms with Crippen LogP contribution in [0.4, 0.5) is 11.4 Å². The van der Waals surface area contributed by atoms with E-state index in [-0.39, 0.29) is 41.4 Å². The summed E-state index contributed by atoms with van der Waals surface area (Å²) in [7, 11) is 0. The minimum absolute atomic E-state index is 0.0208. The molecule has 0 atom stereocenters. The van der Waals surface area contributed by atoms with Gasteiger partial charge in [0.25, 0.3) is 5.56 Å². The Bertz CT molecular complexity index is 1080. The van der Waals surface area contributed by atoms with Crippen molar-refractivity contribution in [3.05, 3.63) is 40.8 Å². The fourth-order valence-corrected chi connectivity index (χ4v) is 3.14. The number of H-pyrrole nitrogens is 1. The van der Waals surface area contributed by atoms with Crippen LogP contribution < -0.4 is 16.2 Å². The van der Waals surface area contributed by atoms with Gasteiger partial charge in [0.2, 0.25) is 11.8 Å². The molecule has 0 aliphatic rings. The monoisotopic (exact) mass is 402 g/mol. The molecule has 0 spiro atoms. The third-order valence-corrected chi connectivity index (χ3v) is 4.48. The van der Waals surface area contributed by atoms with E-state index in [9.17, 15) is 14.4 Å². The lowest BCUT2D eigenvalue weighted by atomic mass is 10.2. The summed E-state index contributed by atoms with van der Waals surface area (Å²) in [5, 5.41) is 19.0. The van der Waals surface area contributed by atoms with Crippen LogP contribution in [0.5, 0.6) is 0 Å². The van der Waals surface area contributed by atoms with Gasteiger partial charge in [-0.2, -0.15) is 5.10 Å². The van der Waals surface area contributed by atoms with Gasteiger partial charge in [-0.1, -0.05) is 17.8 Å². The average molecular weight is 402 g/mol. The van der Waals surface area contributed by atoms with Gasteiger partial charge < -0.3 is 20.7 Å². The summed E-state index contributed by atoms with van der Waals surface area (Å²) < 4.78 is 1.43. The van der Waals surface area contributed by atoms with Crippen molar-refractivity contribution in [2.45, 2.75) is 18.6 Å². The maximum absolute atomic E-state index is 12.2. The van der Waals surface area contributed by atoms with E-state index < -0.39 is 0 Å². The Hall–Kier alpha value is -3.18. The fourth-order valence-electron chi connectivity index (χ4n) is 2.48. The maximum atomic E-state index is 12.2. The molecule has 10 nitrogen and oxygen atoms in total. The number of aromatic nitrogens is 4. The first-order valence-corrected chi connectivity index (χ1v) is 9.32. The van der Waals surface area contributed by atoms with Crippen LogP contribution in [-0.4, -0.2) is 49.0 Å². The zero-order chi connectivity index (χ0) is 20.1. The van der Waals surface area contributed by atoms with Crippen LogP contribution in [0.2, 0.25) is 0 Å². The second-order valence-corrected chi connectivity index (χ2v) is 6.76. The molecule has 2 heterocycles. The lowest BCUT2D eigenvalue weighted by Gasteiger charge is -2.08. The Morgan fingerprint density at radius 2 is 2.04 bits per heavy atom. The predicted molar refractivity (Wildman–Crippen MR) is 105 cm³/mol. The highest BCUT2D eigenvalue weighted by atomic mass is 32.2. The summed E-state index contributed by atoms with van der Waals surface area (Å²) in [6.45, 7) is 1.49. The SMILES string of the molecule is CC(=O)Nc1cccc(NC(=O)CSc2nc3c(cnn3CCO)c(=O)[nH]2)c1. The molecule has 4 N–H and O–H groups in total. The van der Waals surface area contributed by atoms with Crippen molar-refractivity contribution in [3.8, 4) is 0 Å². The highest BCUT2D eigenvalue weighted by molar-refractivity contribution is 7.99. The van der Waals surface area contributed by atoms with Gasteiger partial charge in [-0.3, -0.25) is 14.4 Å². The molecule has 28 heavy (non-hydrogen) atoms. The van der Waals surface area contributed by atoms with Gasteiger partial charge in [0.05, 0.1) is 25.1 Å². The number of carbonyl (C=O) groups excluding carboxylic acids is 2. The summed E-state index contributed by atoms with van der Waals surface area (Å²) in [6, 6.07) is 6.77. The topological polar surface area (TPSA) is 142 Å². The van der Waals surface area contributed by atoms with Crippen LogP contribution >= 0.6 is 11.8 Å². The third kappa shape index (κ3) is 4.75. The Morgan fingerprint density at radius 3 is 2.75 bits per heavy atom. The van der Waals surface area contributed by atoms with E-state index in [1.54, 1.807) is 24.3 Å². The summed E-state index contributed by atoms with van der Waals surface area (Å²) in [4.78, 5) is 42.3. The summed E-state index contributed by atoms with van der Waals surface area (Å²) in [6.07, 6.45) is 1.39. The first kappa shape index (κ1) is 19.6. The molecule has 2 amide bonds. The number of rotatable bonds is 7. The minimum Gasteiger partial charge on any atom is -0.394 e. The zero-order valence-electron chi connectivity index (χ0n) is 14.9. The zero-order valence-corrected chi connectivity index (χ0v) is 15.7. The number of amides is 2. The summed E-state index contributed by atoms with van der Waals surface area (Å²) in [5.41, 5.74) is 1.10. The first-order valence-electron chi connectivity index (χ1n) is 8.33. The highest BCUT2D eigenvalue weighted by Crippen LogP contribution is 2.18. The Morgan fingerprint density at radius 1 is 1.29 bits per heavy atom. The normalized spacial score (nSPS) is 10.8. The quantitative estimate of drug-likeness (QED) is 0.338. The van der Waals surface area contributed by atoms with E-state index >= 15 is 0 Å². The van der Waals surface area contributed by atoms with Gasteiger partial charge in [0.1, 0.15) is 5.39 Å². The number of nitrogens with one attached hydrogen (secondary N) is 3. The van der Waals surface area contributed by atoms with E-state index in [0.29, 0.717) is 22.4 Å². The standard InChI is InChI=1S/C17H18N6O4S/c1-10(25)19-11-3-2-4-12(7-11)20-14(26)9-28-17-21-15-13(16(27)22-17)8-18-23(15)5-6-24/h2-4,7-8,24H,5-6,9H2,1H3,(H,19,25)(H,20,26)(H,21,22,27). The summed E-state index contributed by atoms with van der Waals surface area (Å²) >= 11 is 1.07. The molecule has 2 aromatic heterocycles. The number of aliphatic hydroxyl groups is 1. The van der Waals surface area contributed by atoms with E-state index in [1.165, 1.54) is 17.8 Å². The van der Waals surface area contributed by atoms with Crippen LogP contribution in [0.25, 0.3) is 11.0 Å². The molecule has 1 aromatic carbocycles. The Kier molecular flexibility index (Phi) is 6.06. The van der Waals surface area contributed by atoms with Crippen LogP contribution in [0.1, 0.15) is 6.92 Å². The Balaban J connectivity index is 1.67. The molecule has 146 valence electrons. The smallest absolute Gasteiger partial charge is 0.262 e. The minimum atomic E-state index is -0.361. The molecule has 0 saturated carbocycles. The van der Waals surface area contributed by atoms with Crippen LogP contribution in [-0.2, 0) is 16.1 Å². The van der Waals surface area contributed by atoms with E-state index in [2.05, 4.69) is 25.7 Å². The number of hydrogen-bond acceptors (Lipinski definition) is 7. The molecule has 0 fully saturated rings. The number of aliphatic hydroxyl groups excluding tert-OH is 1. The highest BCUT2D eigenvalue weighted by Gasteiger charge is 2.12. The van der Waals surface area contributed by atoms with E-state index in [4.69, 9.17) is 5.11 Å². The predicted octanol–water partition coefficient (Wildman–Crippen LogP) is 0.801. The van der Waals surface area contributed by atoms with Crippen molar-refractivity contribution >= 4 is 46.0 Å². The molecule has 3 aromatic rings. The third-order valence-electron chi connectivity index (χ3n) is 3.60. The van der Waals surface area contributed by atoms with Crippen LogP contribution in [0.15, 0.2) is 40.4 Å². The number of anilines is 2. The Labute approximate surface area is 163 Å². The lowest BCUT2D eigenvalue weighted by Crippen LogP contribution is -2.16. The van der Waals surface area contributed by atoms with Crippen LogP contribution in [0.3, 0.4) is 0 Å². The van der Waals surface area contributed by atoms with Crippen molar-refractivity contribution in [3.63, 3.8) is 0 Å². The number of nitrogens with zero attached hydrogens (tertiary/aromatic N) is 3. The number of benzene rings is 1. The van der Waals surface area contributed by atoms with Crippen molar-refractivity contribution in [1.82, 2.24) is 19.7 Å². The van der Waals surface area contributed by atoms with Crippen molar-refractivity contribution < 1.29 is 14.7 Å². The number of fused-ring (bicyclic) bond motifs is 1. The molecule has 0 unspecified atom stereocenters. The van der Waals surface area contributed by atoms with Gasteiger partial charge in [-0.25, -0.2) is 9.67 Å². The van der Waals surface area contributed by atoms with E-state index in [0.717, 1.165) is 11.8 Å². The lowest BCUT2D eigenvalue weighted by molar-refractivity contribution is -0.114. The van der Waals surface area contributed by atoms with Gasteiger partial charge >= 0.3 is 0 Å². The summed E-state index contributed by atoms with van der Waals surface area (Å²) in [5.74, 6) is -0.478. The average Bonchev–Trinajstić information content (AvgIpc) is 3.04. The van der Waals surface area contributed by atoms with Gasteiger partial charge in [-0.05, 0) is 18.2 Å². The second kappa shape index (κ2) is 8.67. The number of aromatic amines is 1. The molecule has 0 aliphatic heterocycles. The van der Waals surface area contributed by atoms with Crippen LogP contribution in [0, 0.1) is 0 Å². The number of carbonyl (C=O) groups is 2. The first-order chi connectivity index (χ1) is 13.5. The van der Waals surface area contributed by atoms with Gasteiger partial charge in [0, 0.05) is 18.3 Å². The number of hydrogen-bond donors (Lipinski definition) is 4. The molecular weight excluding hydrogens is 384 g/mol. The van der Waals surface area contributed by atoms with Gasteiger partial charge in [-0.15, -0.1) is 0 Å². The fraction of sp³-hybridized carbons (Fsp3) is 0.235. The molecule has 11 heteroatoms. The van der Waals surface area contributed by atoms with Crippen molar-refractivity contribution in [2.75, 3.05) is 23.0 Å². The largest absolute Gasteiger partial charge is 0.394 e. The molecule has 3 rings (SSSR count). The molecule has 0 saturated heterocycles. The number of thioether (sulfide) groups is 1. The van der Waals surface area contributed by atoms with Gasteiger partial charge in [0.15, 0.2) is 10.8 Å².